The molecule has 4 aromatic rings. The van der Waals surface area contributed by atoms with Crippen molar-refractivity contribution in [1.82, 2.24) is 0 Å². The van der Waals surface area contributed by atoms with Gasteiger partial charge in [-0.15, -0.1) is 0 Å². The highest BCUT2D eigenvalue weighted by atomic mass is 32.2. The van der Waals surface area contributed by atoms with Crippen LogP contribution in [-0.4, -0.2) is 25.9 Å². The molecule has 0 fully saturated rings. The van der Waals surface area contributed by atoms with E-state index >= 15 is 0 Å². The predicted octanol–water partition coefficient (Wildman–Crippen LogP) is 3.96. The van der Waals surface area contributed by atoms with E-state index in [-0.39, 0.29) is 22.5 Å². The maximum Gasteiger partial charge on any atom is 0.295 e. The van der Waals surface area contributed by atoms with E-state index in [0.29, 0.717) is 0 Å². The van der Waals surface area contributed by atoms with Gasteiger partial charge in [0.15, 0.2) is 0 Å². The van der Waals surface area contributed by atoms with Crippen molar-refractivity contribution >= 4 is 55.1 Å². The Bertz CT molecular complexity index is 1580. The second-order valence-electron chi connectivity index (χ2n) is 8.54. The fourth-order valence-corrected chi connectivity index (χ4v) is 4.95. The monoisotopic (exact) mass is 568 g/mol. The van der Waals surface area contributed by atoms with Gasteiger partial charge in [0, 0.05) is 22.7 Å². The molecule has 0 saturated heterocycles. The van der Waals surface area contributed by atoms with E-state index in [1.54, 1.807) is 0 Å². The molecule has 12 heteroatoms. The molecule has 0 aliphatic heterocycles. The number of nitrogen functional groups attached to an aromatic ring is 4. The highest BCUT2D eigenvalue weighted by Crippen LogP contribution is 2.24. The third-order valence-corrected chi connectivity index (χ3v) is 7.26. The predicted molar refractivity (Wildman–Crippen MR) is 155 cm³/mol. The van der Waals surface area contributed by atoms with Gasteiger partial charge in [-0.2, -0.15) is 16.8 Å². The Kier molecular flexibility index (Phi) is 8.99. The Morgan fingerprint density at radius 3 is 1.13 bits per heavy atom. The van der Waals surface area contributed by atoms with Crippen molar-refractivity contribution in [2.45, 2.75) is 16.2 Å². The van der Waals surface area contributed by atoms with Gasteiger partial charge in [-0.25, -0.2) is 0 Å². The third-order valence-electron chi connectivity index (χ3n) is 5.44. The van der Waals surface area contributed by atoms with E-state index in [0.717, 1.165) is 29.9 Å². The molecule has 0 saturated carbocycles. The molecular formula is C27H28N4O6S2. The molecule has 39 heavy (non-hydrogen) atoms. The second-order valence-corrected chi connectivity index (χ2v) is 11.3. The van der Waals surface area contributed by atoms with Crippen molar-refractivity contribution in [3.63, 3.8) is 0 Å². The van der Waals surface area contributed by atoms with Crippen LogP contribution in [0.1, 0.15) is 22.3 Å². The highest BCUT2D eigenvalue weighted by Gasteiger charge is 2.16. The van der Waals surface area contributed by atoms with Gasteiger partial charge < -0.3 is 22.9 Å². The normalized spacial score (nSPS) is 11.6. The average Bonchev–Trinajstić information content (AvgIpc) is 2.86. The Balaban J connectivity index is 0.000000239. The summed E-state index contributed by atoms with van der Waals surface area (Å²) in [6.45, 7) is 0. The van der Waals surface area contributed by atoms with Crippen LogP contribution in [0.3, 0.4) is 0 Å². The van der Waals surface area contributed by atoms with Gasteiger partial charge >= 0.3 is 0 Å². The molecule has 0 amide bonds. The van der Waals surface area contributed by atoms with E-state index < -0.39 is 30.0 Å². The minimum Gasteiger partial charge on any atom is -0.399 e. The molecule has 10 N–H and O–H groups in total. The zero-order valence-electron chi connectivity index (χ0n) is 20.6. The molecule has 4 aromatic carbocycles. The van der Waals surface area contributed by atoms with Crippen molar-refractivity contribution in [1.29, 1.82) is 0 Å². The fraction of sp³-hybridized carbons (Fsp3) is 0.0370. The van der Waals surface area contributed by atoms with Crippen LogP contribution >= 0.6 is 0 Å². The first-order chi connectivity index (χ1) is 18.2. The third kappa shape index (κ3) is 8.58. The molecule has 0 atom stereocenters. The molecule has 0 bridgehead atoms. The van der Waals surface area contributed by atoms with E-state index in [1.165, 1.54) is 47.5 Å². The summed E-state index contributed by atoms with van der Waals surface area (Å²) < 4.78 is 64.1. The Hall–Kier alpha value is -4.36. The molecule has 0 spiro atoms. The van der Waals surface area contributed by atoms with Gasteiger partial charge in [0.1, 0.15) is 9.79 Å². The minimum absolute atomic E-state index is 0.0878. The van der Waals surface area contributed by atoms with Crippen molar-refractivity contribution in [3.8, 4) is 0 Å². The first-order valence-electron chi connectivity index (χ1n) is 11.3. The maximum atomic E-state index is 11.4. The molecular weight excluding hydrogens is 540 g/mol. The lowest BCUT2D eigenvalue weighted by molar-refractivity contribution is 0.480. The van der Waals surface area contributed by atoms with Crippen molar-refractivity contribution in [3.05, 3.63) is 107 Å². The fourth-order valence-electron chi connectivity index (χ4n) is 3.51. The summed E-state index contributed by atoms with van der Waals surface area (Å²) in [5.41, 5.74) is 26.8. The van der Waals surface area contributed by atoms with Crippen LogP contribution in [0.4, 0.5) is 22.7 Å². The smallest absolute Gasteiger partial charge is 0.295 e. The number of nitrogens with two attached hydrogens (primary N) is 4. The summed E-state index contributed by atoms with van der Waals surface area (Å²) in [5.74, 6) is 0. The Morgan fingerprint density at radius 1 is 0.513 bits per heavy atom. The molecule has 4 rings (SSSR count). The summed E-state index contributed by atoms with van der Waals surface area (Å²) in [6, 6.07) is 23.6. The topological polar surface area (TPSA) is 213 Å². The lowest BCUT2D eigenvalue weighted by atomic mass is 10.0. The molecule has 204 valence electrons. The minimum atomic E-state index is -4.52. The van der Waals surface area contributed by atoms with Gasteiger partial charge in [-0.05, 0) is 77.2 Å². The summed E-state index contributed by atoms with van der Waals surface area (Å²) in [7, 11) is -9.05. The van der Waals surface area contributed by atoms with Crippen LogP contribution in [0.25, 0.3) is 12.2 Å². The van der Waals surface area contributed by atoms with Gasteiger partial charge in [0.25, 0.3) is 20.2 Å². The maximum absolute atomic E-state index is 11.4. The number of rotatable bonds is 6. The Morgan fingerprint density at radius 2 is 0.821 bits per heavy atom. The SMILES string of the molecule is Nc1ccc(/C=C/c2ccc(N)cc2S(=O)(=O)O)c(S(=O)(=O)O)c1.Nc1ccc(Cc2ccc(N)cc2)cc1. The second kappa shape index (κ2) is 12.0. The zero-order chi connectivity index (χ0) is 28.8. The lowest BCUT2D eigenvalue weighted by Gasteiger charge is -2.06. The molecule has 0 radical (unpaired) electrons. The number of anilines is 4. The Labute approximate surface area is 227 Å². The van der Waals surface area contributed by atoms with Crippen LogP contribution in [-0.2, 0) is 26.7 Å². The molecule has 10 nitrogen and oxygen atoms in total. The lowest BCUT2D eigenvalue weighted by Crippen LogP contribution is -2.03. The molecule has 0 aliphatic carbocycles. The summed E-state index contributed by atoms with van der Waals surface area (Å²) in [5, 5.41) is 0. The van der Waals surface area contributed by atoms with Crippen LogP contribution in [0.5, 0.6) is 0 Å². The van der Waals surface area contributed by atoms with Crippen LogP contribution in [0.15, 0.2) is 94.7 Å². The van der Waals surface area contributed by atoms with E-state index in [9.17, 15) is 25.9 Å². The molecule has 0 aromatic heterocycles. The van der Waals surface area contributed by atoms with Crippen molar-refractivity contribution in [2.24, 2.45) is 0 Å². The van der Waals surface area contributed by atoms with Gasteiger partial charge in [-0.3, -0.25) is 9.11 Å². The van der Waals surface area contributed by atoms with Crippen LogP contribution < -0.4 is 22.9 Å². The number of hydrogen-bond acceptors (Lipinski definition) is 8. The van der Waals surface area contributed by atoms with Crippen LogP contribution in [0, 0.1) is 0 Å². The molecule has 0 aliphatic rings. The summed E-state index contributed by atoms with van der Waals surface area (Å²) in [6.07, 6.45) is 3.45. The van der Waals surface area contributed by atoms with Crippen molar-refractivity contribution < 1.29 is 25.9 Å². The van der Waals surface area contributed by atoms with Gasteiger partial charge in [0.2, 0.25) is 0 Å². The molecule has 0 heterocycles. The number of benzene rings is 4. The average molecular weight is 569 g/mol. The van der Waals surface area contributed by atoms with Crippen molar-refractivity contribution in [2.75, 3.05) is 22.9 Å². The standard InChI is InChI=1S/C14H14N2O6S2.C13H14N2/c15-11-5-3-9(13(7-11)23(17,18)19)1-2-10-4-6-12(16)8-14(10)24(20,21)22;14-12-5-1-10(2-6-12)9-11-3-7-13(15)8-4-11/h1-8H,15-16H2,(H,17,18,19)(H,20,21,22);1-8H,9,14-15H2/b2-1+;. The first-order valence-corrected chi connectivity index (χ1v) is 14.2. The summed E-state index contributed by atoms with van der Waals surface area (Å²) >= 11 is 0. The van der Waals surface area contributed by atoms with Gasteiger partial charge in [0.05, 0.1) is 0 Å². The van der Waals surface area contributed by atoms with Gasteiger partial charge in [-0.1, -0.05) is 48.6 Å². The quantitative estimate of drug-likeness (QED) is 0.112. The molecule has 0 unspecified atom stereocenters. The number of hydrogen-bond donors (Lipinski definition) is 6. The van der Waals surface area contributed by atoms with Crippen LogP contribution in [0.2, 0.25) is 0 Å². The van der Waals surface area contributed by atoms with E-state index in [4.69, 9.17) is 22.9 Å². The van der Waals surface area contributed by atoms with E-state index in [2.05, 4.69) is 0 Å². The first kappa shape index (κ1) is 29.2. The summed E-state index contributed by atoms with van der Waals surface area (Å²) in [4.78, 5) is -0.856. The zero-order valence-corrected chi connectivity index (χ0v) is 22.2. The van der Waals surface area contributed by atoms with E-state index in [1.807, 2.05) is 48.5 Å². The largest absolute Gasteiger partial charge is 0.399 e. The highest BCUT2D eigenvalue weighted by molar-refractivity contribution is 7.86.